The summed E-state index contributed by atoms with van der Waals surface area (Å²) in [6, 6.07) is 9.18. The predicted molar refractivity (Wildman–Crippen MR) is 145 cm³/mol. The van der Waals surface area contributed by atoms with Crippen LogP contribution in [0.2, 0.25) is 0 Å². The summed E-state index contributed by atoms with van der Waals surface area (Å²) in [5.74, 6) is 4.67. The summed E-state index contributed by atoms with van der Waals surface area (Å²) in [5, 5.41) is 0. The van der Waals surface area contributed by atoms with Crippen molar-refractivity contribution in [3.8, 4) is 11.4 Å². The minimum atomic E-state index is 0.748. The van der Waals surface area contributed by atoms with E-state index < -0.39 is 0 Å². The summed E-state index contributed by atoms with van der Waals surface area (Å²) in [5.41, 5.74) is 3.93. The number of unbranched alkanes of at least 4 members (excludes halogenated alkanes) is 4. The Morgan fingerprint density at radius 1 is 0.676 bits per heavy atom. The first-order chi connectivity index (χ1) is 16.8. The Morgan fingerprint density at radius 3 is 1.88 bits per heavy atom. The Labute approximate surface area is 209 Å². The topological polar surface area (TPSA) is 25.8 Å². The Morgan fingerprint density at radius 2 is 1.26 bits per heavy atom. The van der Waals surface area contributed by atoms with E-state index in [-0.39, 0.29) is 0 Å². The van der Waals surface area contributed by atoms with Gasteiger partial charge >= 0.3 is 0 Å². The molecule has 0 aliphatic heterocycles. The lowest BCUT2D eigenvalue weighted by Gasteiger charge is -2.38. The number of hydrogen-bond donors (Lipinski definition) is 0. The maximum Gasteiger partial charge on any atom is 0.159 e. The van der Waals surface area contributed by atoms with Gasteiger partial charge in [0.25, 0.3) is 0 Å². The number of rotatable bonds is 11. The van der Waals surface area contributed by atoms with E-state index in [2.05, 4.69) is 48.1 Å². The zero-order valence-electron chi connectivity index (χ0n) is 22.0. The number of aromatic nitrogens is 2. The molecule has 0 N–H and O–H groups in total. The molecule has 0 atom stereocenters. The molecule has 1 aromatic carbocycles. The molecule has 0 amide bonds. The van der Waals surface area contributed by atoms with Crippen molar-refractivity contribution in [1.29, 1.82) is 0 Å². The van der Waals surface area contributed by atoms with Crippen LogP contribution in [0.5, 0.6) is 0 Å². The lowest BCUT2D eigenvalue weighted by atomic mass is 9.68. The van der Waals surface area contributed by atoms with Crippen LogP contribution in [-0.2, 0) is 6.42 Å². The van der Waals surface area contributed by atoms with Crippen molar-refractivity contribution in [3.05, 3.63) is 47.8 Å². The zero-order chi connectivity index (χ0) is 23.6. The Kier molecular flexibility index (Phi) is 10.0. The monoisotopic (exact) mass is 460 g/mol. The van der Waals surface area contributed by atoms with Gasteiger partial charge < -0.3 is 0 Å². The van der Waals surface area contributed by atoms with Gasteiger partial charge in [0.15, 0.2) is 5.82 Å². The fourth-order valence-electron chi connectivity index (χ4n) is 6.67. The molecule has 0 spiro atoms. The fourth-order valence-corrected chi connectivity index (χ4v) is 6.67. The fraction of sp³-hybridized carbons (Fsp3) is 0.688. The number of aryl methyl sites for hydroxylation is 1. The van der Waals surface area contributed by atoms with Crippen molar-refractivity contribution in [2.45, 2.75) is 122 Å². The number of nitrogens with zero attached hydrogens (tertiary/aromatic N) is 2. The molecule has 2 aromatic rings. The quantitative estimate of drug-likeness (QED) is 0.312. The van der Waals surface area contributed by atoms with Crippen LogP contribution >= 0.6 is 0 Å². The molecule has 1 aromatic heterocycles. The lowest BCUT2D eigenvalue weighted by molar-refractivity contribution is 0.155. The number of hydrogen-bond acceptors (Lipinski definition) is 2. The predicted octanol–water partition coefficient (Wildman–Crippen LogP) is 9.54. The molecule has 0 bridgehead atoms. The van der Waals surface area contributed by atoms with Gasteiger partial charge in [-0.2, -0.15) is 0 Å². The average molecular weight is 461 g/mol. The standard InChI is InChI=1S/C32H48N2/c1-3-5-7-9-25-11-13-27(14-12-25)28-15-17-29(18-16-28)30-19-21-31(22-20-30)32-33-23-26(24-34-32)10-8-6-4-2/h19-25,27-29H,3-18H2,1-2H3. The maximum absolute atomic E-state index is 4.65. The van der Waals surface area contributed by atoms with Crippen molar-refractivity contribution in [2.75, 3.05) is 0 Å². The van der Waals surface area contributed by atoms with Crippen molar-refractivity contribution < 1.29 is 0 Å². The SMILES string of the molecule is CCCCCc1cnc(-c2ccc(C3CCC(C4CCC(CCCCC)CC4)CC3)cc2)nc1. The van der Waals surface area contributed by atoms with Gasteiger partial charge in [-0.25, -0.2) is 9.97 Å². The first-order valence-electron chi connectivity index (χ1n) is 14.7. The molecule has 4 rings (SSSR count). The van der Waals surface area contributed by atoms with E-state index in [4.69, 9.17) is 0 Å². The first-order valence-corrected chi connectivity index (χ1v) is 14.7. The van der Waals surface area contributed by atoms with Crippen LogP contribution in [0.25, 0.3) is 11.4 Å². The Balaban J connectivity index is 1.22. The second-order valence-corrected chi connectivity index (χ2v) is 11.4. The van der Waals surface area contributed by atoms with E-state index in [9.17, 15) is 0 Å². The van der Waals surface area contributed by atoms with Gasteiger partial charge in [0.05, 0.1) is 0 Å². The van der Waals surface area contributed by atoms with E-state index >= 15 is 0 Å². The molecule has 2 aliphatic rings. The van der Waals surface area contributed by atoms with Gasteiger partial charge in [-0.1, -0.05) is 89.5 Å². The minimum absolute atomic E-state index is 0.748. The molecule has 0 saturated heterocycles. The number of benzene rings is 1. The van der Waals surface area contributed by atoms with Crippen LogP contribution < -0.4 is 0 Å². The molecule has 34 heavy (non-hydrogen) atoms. The third-order valence-corrected chi connectivity index (χ3v) is 8.96. The first kappa shape index (κ1) is 25.4. The zero-order valence-corrected chi connectivity index (χ0v) is 22.0. The van der Waals surface area contributed by atoms with Crippen LogP contribution in [0.1, 0.15) is 127 Å². The van der Waals surface area contributed by atoms with Gasteiger partial charge in [-0.3, -0.25) is 0 Å². The highest BCUT2D eigenvalue weighted by molar-refractivity contribution is 5.55. The summed E-state index contributed by atoms with van der Waals surface area (Å²) in [4.78, 5) is 9.29. The smallest absolute Gasteiger partial charge is 0.159 e. The largest absolute Gasteiger partial charge is 0.236 e. The van der Waals surface area contributed by atoms with Gasteiger partial charge in [0, 0.05) is 18.0 Å². The van der Waals surface area contributed by atoms with Gasteiger partial charge in [0.2, 0.25) is 0 Å². The molecule has 1 heterocycles. The molecule has 186 valence electrons. The normalized spacial score (nSPS) is 25.4. The van der Waals surface area contributed by atoms with Crippen LogP contribution in [0.3, 0.4) is 0 Å². The van der Waals surface area contributed by atoms with Gasteiger partial charge in [-0.15, -0.1) is 0 Å². The molecule has 2 heteroatoms. The molecule has 0 unspecified atom stereocenters. The van der Waals surface area contributed by atoms with E-state index in [1.165, 1.54) is 107 Å². The summed E-state index contributed by atoms with van der Waals surface area (Å²) >= 11 is 0. The minimum Gasteiger partial charge on any atom is -0.236 e. The van der Waals surface area contributed by atoms with E-state index in [0.717, 1.165) is 41.5 Å². The third kappa shape index (κ3) is 7.15. The van der Waals surface area contributed by atoms with E-state index in [1.807, 2.05) is 12.4 Å². The van der Waals surface area contributed by atoms with E-state index in [0.29, 0.717) is 0 Å². The molecule has 2 nitrogen and oxygen atoms in total. The Bertz CT molecular complexity index is 809. The van der Waals surface area contributed by atoms with Crippen LogP contribution in [-0.4, -0.2) is 9.97 Å². The van der Waals surface area contributed by atoms with E-state index in [1.54, 1.807) is 0 Å². The van der Waals surface area contributed by atoms with Crippen LogP contribution in [0.4, 0.5) is 0 Å². The van der Waals surface area contributed by atoms with Gasteiger partial charge in [-0.05, 0) is 86.2 Å². The van der Waals surface area contributed by atoms with Gasteiger partial charge in [0.1, 0.15) is 0 Å². The molecule has 2 saturated carbocycles. The summed E-state index contributed by atoms with van der Waals surface area (Å²) < 4.78 is 0. The van der Waals surface area contributed by atoms with Crippen LogP contribution in [0.15, 0.2) is 36.7 Å². The average Bonchev–Trinajstić information content (AvgIpc) is 2.90. The second-order valence-electron chi connectivity index (χ2n) is 11.4. The molecular weight excluding hydrogens is 412 g/mol. The highest BCUT2D eigenvalue weighted by Crippen LogP contribution is 2.44. The highest BCUT2D eigenvalue weighted by atomic mass is 14.9. The second kappa shape index (κ2) is 13.4. The molecular formula is C32H48N2. The van der Waals surface area contributed by atoms with Crippen molar-refractivity contribution in [1.82, 2.24) is 9.97 Å². The maximum atomic E-state index is 4.65. The molecule has 2 aliphatic carbocycles. The summed E-state index contributed by atoms with van der Waals surface area (Å²) in [6.45, 7) is 4.57. The van der Waals surface area contributed by atoms with Crippen molar-refractivity contribution in [2.24, 2.45) is 17.8 Å². The van der Waals surface area contributed by atoms with Crippen molar-refractivity contribution in [3.63, 3.8) is 0 Å². The summed E-state index contributed by atoms with van der Waals surface area (Å²) in [7, 11) is 0. The molecule has 0 radical (unpaired) electrons. The molecule has 2 fully saturated rings. The lowest BCUT2D eigenvalue weighted by Crippen LogP contribution is -2.25. The summed E-state index contributed by atoms with van der Waals surface area (Å²) in [6.07, 6.45) is 26.4. The Hall–Kier alpha value is -1.70. The third-order valence-electron chi connectivity index (χ3n) is 8.96. The van der Waals surface area contributed by atoms with Crippen LogP contribution in [0, 0.1) is 17.8 Å². The van der Waals surface area contributed by atoms with Crippen molar-refractivity contribution >= 4 is 0 Å². The highest BCUT2D eigenvalue weighted by Gasteiger charge is 2.31.